The van der Waals surface area contributed by atoms with Crippen molar-refractivity contribution in [3.8, 4) is 0 Å². The molecular formula is C14H25N5. The maximum atomic E-state index is 5.76. The number of aromatic nitrogens is 2. The van der Waals surface area contributed by atoms with Gasteiger partial charge in [0.1, 0.15) is 17.5 Å². The Morgan fingerprint density at radius 2 is 1.95 bits per heavy atom. The molecule has 0 aliphatic carbocycles. The minimum atomic E-state index is 0.122. The lowest BCUT2D eigenvalue weighted by molar-refractivity contribution is 0.726. The van der Waals surface area contributed by atoms with Gasteiger partial charge in [-0.05, 0) is 26.7 Å². The number of nitrogens with two attached hydrogens (primary N) is 1. The van der Waals surface area contributed by atoms with Crippen molar-refractivity contribution in [3.63, 3.8) is 0 Å². The lowest BCUT2D eigenvalue weighted by Gasteiger charge is -2.22. The molecule has 1 aliphatic rings. The second-order valence-corrected chi connectivity index (χ2v) is 5.42. The van der Waals surface area contributed by atoms with Crippen molar-refractivity contribution in [3.05, 3.63) is 11.9 Å². The van der Waals surface area contributed by atoms with E-state index in [1.807, 2.05) is 19.9 Å². The van der Waals surface area contributed by atoms with Crippen LogP contribution in [0.15, 0.2) is 6.07 Å². The summed E-state index contributed by atoms with van der Waals surface area (Å²) >= 11 is 0. The summed E-state index contributed by atoms with van der Waals surface area (Å²) < 4.78 is 0. The first kappa shape index (κ1) is 14.1. The summed E-state index contributed by atoms with van der Waals surface area (Å²) in [6.45, 7) is 6.86. The van der Waals surface area contributed by atoms with Crippen LogP contribution in [0.3, 0.4) is 0 Å². The highest BCUT2D eigenvalue weighted by Crippen LogP contribution is 2.20. The van der Waals surface area contributed by atoms with E-state index in [2.05, 4.69) is 20.2 Å². The molecule has 0 spiro atoms. The molecule has 0 bridgehead atoms. The maximum Gasteiger partial charge on any atom is 0.134 e. The van der Waals surface area contributed by atoms with Gasteiger partial charge in [-0.1, -0.05) is 12.8 Å². The number of hydrogen-bond acceptors (Lipinski definition) is 5. The third kappa shape index (κ3) is 4.35. The molecule has 106 valence electrons. The molecular weight excluding hydrogens is 238 g/mol. The fraction of sp³-hybridized carbons (Fsp3) is 0.714. The molecule has 1 aliphatic heterocycles. The Morgan fingerprint density at radius 3 is 2.58 bits per heavy atom. The van der Waals surface area contributed by atoms with E-state index < -0.39 is 0 Å². The zero-order chi connectivity index (χ0) is 13.7. The molecule has 1 aromatic rings. The van der Waals surface area contributed by atoms with Gasteiger partial charge in [0.05, 0.1) is 0 Å². The van der Waals surface area contributed by atoms with Crippen LogP contribution in [0.5, 0.6) is 0 Å². The van der Waals surface area contributed by atoms with Crippen molar-refractivity contribution in [2.24, 2.45) is 5.73 Å². The van der Waals surface area contributed by atoms with Crippen LogP contribution in [0.1, 0.15) is 38.4 Å². The van der Waals surface area contributed by atoms with E-state index in [-0.39, 0.29) is 6.04 Å². The van der Waals surface area contributed by atoms with Crippen LogP contribution in [0.25, 0.3) is 0 Å². The molecule has 1 saturated heterocycles. The Morgan fingerprint density at radius 1 is 1.26 bits per heavy atom. The Hall–Kier alpha value is -1.36. The van der Waals surface area contributed by atoms with E-state index in [0.717, 1.165) is 37.1 Å². The van der Waals surface area contributed by atoms with Gasteiger partial charge in [-0.15, -0.1) is 0 Å². The molecule has 0 amide bonds. The number of anilines is 2. The molecule has 2 rings (SSSR count). The van der Waals surface area contributed by atoms with E-state index in [1.165, 1.54) is 25.7 Å². The summed E-state index contributed by atoms with van der Waals surface area (Å²) in [6.07, 6.45) is 5.17. The average Bonchev–Trinajstić information content (AvgIpc) is 2.64. The van der Waals surface area contributed by atoms with E-state index in [0.29, 0.717) is 0 Å². The second-order valence-electron chi connectivity index (χ2n) is 5.42. The zero-order valence-corrected chi connectivity index (χ0v) is 12.0. The Labute approximate surface area is 115 Å². The smallest absolute Gasteiger partial charge is 0.134 e. The molecule has 1 atom stereocenters. The van der Waals surface area contributed by atoms with Gasteiger partial charge in [0.15, 0.2) is 0 Å². The highest BCUT2D eigenvalue weighted by Gasteiger charge is 2.12. The molecule has 19 heavy (non-hydrogen) atoms. The fourth-order valence-electron chi connectivity index (χ4n) is 2.37. The van der Waals surface area contributed by atoms with Crippen molar-refractivity contribution in [2.75, 3.05) is 29.9 Å². The van der Waals surface area contributed by atoms with Gasteiger partial charge in [-0.3, -0.25) is 0 Å². The number of aryl methyl sites for hydroxylation is 1. The zero-order valence-electron chi connectivity index (χ0n) is 12.0. The average molecular weight is 263 g/mol. The first-order valence-electron chi connectivity index (χ1n) is 7.25. The Bertz CT molecular complexity index is 397. The molecule has 0 radical (unpaired) electrons. The van der Waals surface area contributed by atoms with Crippen LogP contribution in [0, 0.1) is 6.92 Å². The molecule has 1 unspecified atom stereocenters. The van der Waals surface area contributed by atoms with Crippen LogP contribution in [-0.4, -0.2) is 35.6 Å². The first-order valence-corrected chi connectivity index (χ1v) is 7.25. The van der Waals surface area contributed by atoms with Gasteiger partial charge in [-0.2, -0.15) is 0 Å². The quantitative estimate of drug-likeness (QED) is 0.869. The van der Waals surface area contributed by atoms with E-state index >= 15 is 0 Å². The van der Waals surface area contributed by atoms with Crippen molar-refractivity contribution in [2.45, 2.75) is 45.6 Å². The summed E-state index contributed by atoms with van der Waals surface area (Å²) in [5, 5.41) is 3.28. The number of rotatable bonds is 4. The van der Waals surface area contributed by atoms with Gasteiger partial charge in [0, 0.05) is 31.7 Å². The topological polar surface area (TPSA) is 67.1 Å². The van der Waals surface area contributed by atoms with Crippen LogP contribution < -0.4 is 16.0 Å². The number of hydrogen-bond donors (Lipinski definition) is 2. The minimum Gasteiger partial charge on any atom is -0.368 e. The maximum absolute atomic E-state index is 5.76. The molecule has 1 aromatic heterocycles. The van der Waals surface area contributed by atoms with Gasteiger partial charge in [-0.25, -0.2) is 9.97 Å². The summed E-state index contributed by atoms with van der Waals surface area (Å²) in [5.74, 6) is 2.74. The number of nitrogens with one attached hydrogen (secondary N) is 1. The monoisotopic (exact) mass is 263 g/mol. The largest absolute Gasteiger partial charge is 0.368 e. The predicted octanol–water partition coefficient (Wildman–Crippen LogP) is 1.92. The van der Waals surface area contributed by atoms with Gasteiger partial charge < -0.3 is 16.0 Å². The van der Waals surface area contributed by atoms with Crippen LogP contribution in [0.2, 0.25) is 0 Å². The van der Waals surface area contributed by atoms with Crippen molar-refractivity contribution >= 4 is 11.6 Å². The standard InChI is InChI=1S/C14H25N5/c1-11(15)10-16-13-9-14(18-12(2)17-13)19-7-5-3-4-6-8-19/h9,11H,3-8,10,15H2,1-2H3,(H,16,17,18). The van der Waals surface area contributed by atoms with Crippen LogP contribution >= 0.6 is 0 Å². The van der Waals surface area contributed by atoms with Crippen LogP contribution in [0.4, 0.5) is 11.6 Å². The molecule has 3 N–H and O–H groups in total. The third-order valence-corrected chi connectivity index (χ3v) is 3.36. The molecule has 5 nitrogen and oxygen atoms in total. The molecule has 0 aromatic carbocycles. The van der Waals surface area contributed by atoms with Gasteiger partial charge in [0.2, 0.25) is 0 Å². The molecule has 2 heterocycles. The summed E-state index contributed by atoms with van der Waals surface area (Å²) in [4.78, 5) is 11.4. The second kappa shape index (κ2) is 6.70. The summed E-state index contributed by atoms with van der Waals surface area (Å²) in [6, 6.07) is 2.16. The van der Waals surface area contributed by atoms with Crippen LogP contribution in [-0.2, 0) is 0 Å². The van der Waals surface area contributed by atoms with E-state index in [9.17, 15) is 0 Å². The van der Waals surface area contributed by atoms with Gasteiger partial charge in [0.25, 0.3) is 0 Å². The lowest BCUT2D eigenvalue weighted by atomic mass is 10.2. The first-order chi connectivity index (χ1) is 9.15. The van der Waals surface area contributed by atoms with Crippen molar-refractivity contribution in [1.82, 2.24) is 9.97 Å². The summed E-state index contributed by atoms with van der Waals surface area (Å²) in [5.41, 5.74) is 5.76. The SMILES string of the molecule is Cc1nc(NCC(C)N)cc(N2CCCCCC2)n1. The number of nitrogens with zero attached hydrogens (tertiary/aromatic N) is 3. The highest BCUT2D eigenvalue weighted by atomic mass is 15.2. The fourth-order valence-corrected chi connectivity index (χ4v) is 2.37. The minimum absolute atomic E-state index is 0.122. The Balaban J connectivity index is 2.10. The molecule has 1 fully saturated rings. The lowest BCUT2D eigenvalue weighted by Crippen LogP contribution is -2.27. The molecule has 5 heteroatoms. The van der Waals surface area contributed by atoms with Crippen molar-refractivity contribution < 1.29 is 0 Å². The van der Waals surface area contributed by atoms with E-state index in [1.54, 1.807) is 0 Å². The summed E-state index contributed by atoms with van der Waals surface area (Å²) in [7, 11) is 0. The van der Waals surface area contributed by atoms with E-state index in [4.69, 9.17) is 5.73 Å². The predicted molar refractivity (Wildman–Crippen MR) is 79.6 cm³/mol. The Kier molecular flexibility index (Phi) is 4.96. The normalized spacial score (nSPS) is 17.9. The third-order valence-electron chi connectivity index (χ3n) is 3.36. The van der Waals surface area contributed by atoms with Gasteiger partial charge >= 0.3 is 0 Å². The molecule has 0 saturated carbocycles. The highest BCUT2D eigenvalue weighted by molar-refractivity contribution is 5.49. The van der Waals surface area contributed by atoms with Crippen molar-refractivity contribution in [1.29, 1.82) is 0 Å².